The molecule has 0 radical (unpaired) electrons. The van der Waals surface area contributed by atoms with E-state index in [2.05, 4.69) is 229 Å². The Kier molecular flexibility index (Phi) is 7.89. The Balaban J connectivity index is 1.02. The highest BCUT2D eigenvalue weighted by atomic mass is 15.1. The Morgan fingerprint density at radius 1 is 0.228 bits per heavy atom. The summed E-state index contributed by atoms with van der Waals surface area (Å²) in [5.41, 5.74) is 10.5. The van der Waals surface area contributed by atoms with Crippen LogP contribution in [-0.4, -0.2) is 0 Å². The zero-order valence-electron chi connectivity index (χ0n) is 31.3. The zero-order valence-corrected chi connectivity index (χ0v) is 31.3. The summed E-state index contributed by atoms with van der Waals surface area (Å²) in [5.74, 6) is 0. The SMILES string of the molecule is c1ccc(-c2cccc(N(c3cccc(-c4ccc(-c5cccc6ccc7ccc8ccccc8c7c56)cc4)c3)c3ccc4c(ccc5ccccc54)c3)c2)cc1. The van der Waals surface area contributed by atoms with Crippen LogP contribution in [0.2, 0.25) is 0 Å². The van der Waals surface area contributed by atoms with Crippen LogP contribution in [0.1, 0.15) is 0 Å². The molecule has 11 aromatic carbocycles. The molecule has 0 aromatic heterocycles. The number of hydrogen-bond donors (Lipinski definition) is 0. The van der Waals surface area contributed by atoms with Crippen LogP contribution in [0.3, 0.4) is 0 Å². The lowest BCUT2D eigenvalue weighted by molar-refractivity contribution is 1.29. The van der Waals surface area contributed by atoms with Gasteiger partial charge < -0.3 is 4.90 Å². The average molecular weight is 724 g/mol. The van der Waals surface area contributed by atoms with Gasteiger partial charge in [0.25, 0.3) is 0 Å². The summed E-state index contributed by atoms with van der Waals surface area (Å²) in [6, 6.07) is 82.0. The summed E-state index contributed by atoms with van der Waals surface area (Å²) in [6.07, 6.45) is 0. The summed E-state index contributed by atoms with van der Waals surface area (Å²) >= 11 is 0. The second kappa shape index (κ2) is 13.7. The van der Waals surface area contributed by atoms with Gasteiger partial charge in [-0.1, -0.05) is 188 Å². The van der Waals surface area contributed by atoms with E-state index in [9.17, 15) is 0 Å². The van der Waals surface area contributed by atoms with E-state index in [1.807, 2.05) is 0 Å². The Bertz CT molecular complexity index is 3280. The van der Waals surface area contributed by atoms with Crippen molar-refractivity contribution in [3.05, 3.63) is 224 Å². The molecule has 0 amide bonds. The molecule has 0 unspecified atom stereocenters. The predicted molar refractivity (Wildman–Crippen MR) is 245 cm³/mol. The highest BCUT2D eigenvalue weighted by molar-refractivity contribution is 6.24. The van der Waals surface area contributed by atoms with Gasteiger partial charge in [0.15, 0.2) is 0 Å². The highest BCUT2D eigenvalue weighted by Gasteiger charge is 2.17. The van der Waals surface area contributed by atoms with Crippen molar-refractivity contribution < 1.29 is 0 Å². The molecule has 0 aliphatic rings. The van der Waals surface area contributed by atoms with Crippen molar-refractivity contribution >= 4 is 70.9 Å². The second-order valence-corrected chi connectivity index (χ2v) is 14.9. The van der Waals surface area contributed by atoms with E-state index >= 15 is 0 Å². The molecule has 266 valence electrons. The van der Waals surface area contributed by atoms with Gasteiger partial charge in [0.1, 0.15) is 0 Å². The number of anilines is 3. The number of hydrogen-bond acceptors (Lipinski definition) is 1. The third kappa shape index (κ3) is 5.80. The van der Waals surface area contributed by atoms with Gasteiger partial charge in [-0.15, -0.1) is 0 Å². The first kappa shape index (κ1) is 32.9. The van der Waals surface area contributed by atoms with E-state index in [0.717, 1.165) is 17.1 Å². The van der Waals surface area contributed by atoms with Crippen LogP contribution in [0.4, 0.5) is 17.1 Å². The molecule has 0 spiro atoms. The Labute approximate surface area is 332 Å². The quantitative estimate of drug-likeness (QED) is 0.154. The standard InChI is InChI=1S/C56H37N/c1-2-11-38(12-3-1)45-16-8-18-48(35-45)57(50-33-34-52-47(37-50)32-28-40-13-4-6-20-51(40)52)49-19-9-17-46(36-49)39-23-25-42(26-24-39)54-22-10-15-43-30-31-44-29-27-41-14-5-7-21-53(41)56(44)55(43)54/h1-37H. The minimum atomic E-state index is 1.11. The van der Waals surface area contributed by atoms with Gasteiger partial charge in [-0.3, -0.25) is 0 Å². The van der Waals surface area contributed by atoms with Gasteiger partial charge in [-0.25, -0.2) is 0 Å². The summed E-state index contributed by atoms with van der Waals surface area (Å²) in [5, 5.41) is 12.7. The van der Waals surface area contributed by atoms with E-state index in [0.29, 0.717) is 0 Å². The van der Waals surface area contributed by atoms with Crippen LogP contribution < -0.4 is 4.90 Å². The molecule has 11 aromatic rings. The minimum Gasteiger partial charge on any atom is -0.310 e. The van der Waals surface area contributed by atoms with Gasteiger partial charge in [-0.2, -0.15) is 0 Å². The van der Waals surface area contributed by atoms with Crippen molar-refractivity contribution in [2.24, 2.45) is 0 Å². The molecule has 11 rings (SSSR count). The monoisotopic (exact) mass is 723 g/mol. The average Bonchev–Trinajstić information content (AvgIpc) is 3.29. The number of benzene rings is 11. The molecule has 0 aliphatic heterocycles. The molecule has 0 bridgehead atoms. The van der Waals surface area contributed by atoms with Crippen molar-refractivity contribution in [2.45, 2.75) is 0 Å². The summed E-state index contributed by atoms with van der Waals surface area (Å²) in [6.45, 7) is 0. The minimum absolute atomic E-state index is 1.11. The first-order valence-electron chi connectivity index (χ1n) is 19.7. The molecule has 0 aliphatic carbocycles. The lowest BCUT2D eigenvalue weighted by Gasteiger charge is -2.27. The highest BCUT2D eigenvalue weighted by Crippen LogP contribution is 2.42. The van der Waals surface area contributed by atoms with E-state index in [1.54, 1.807) is 0 Å². The Morgan fingerprint density at radius 2 is 0.702 bits per heavy atom. The summed E-state index contributed by atoms with van der Waals surface area (Å²) < 4.78 is 0. The molecule has 1 heteroatoms. The largest absolute Gasteiger partial charge is 0.310 e. The molecule has 0 atom stereocenters. The van der Waals surface area contributed by atoms with Crippen molar-refractivity contribution in [3.8, 4) is 33.4 Å². The smallest absolute Gasteiger partial charge is 0.0468 e. The maximum atomic E-state index is 2.39. The first-order chi connectivity index (χ1) is 28.2. The molecule has 0 saturated carbocycles. The normalized spacial score (nSPS) is 11.5. The van der Waals surface area contributed by atoms with Gasteiger partial charge in [0.05, 0.1) is 0 Å². The fraction of sp³-hybridized carbons (Fsp3) is 0. The van der Waals surface area contributed by atoms with Crippen LogP contribution in [0.15, 0.2) is 224 Å². The Hall–Kier alpha value is -7.48. The molecule has 1 nitrogen and oxygen atoms in total. The lowest BCUT2D eigenvalue weighted by Crippen LogP contribution is -2.10. The van der Waals surface area contributed by atoms with Gasteiger partial charge in [0, 0.05) is 17.1 Å². The van der Waals surface area contributed by atoms with Gasteiger partial charge >= 0.3 is 0 Å². The summed E-state index contributed by atoms with van der Waals surface area (Å²) in [7, 11) is 0. The van der Waals surface area contributed by atoms with Crippen molar-refractivity contribution in [1.82, 2.24) is 0 Å². The van der Waals surface area contributed by atoms with Crippen LogP contribution in [0.25, 0.3) is 87.2 Å². The molecule has 57 heavy (non-hydrogen) atoms. The van der Waals surface area contributed by atoms with E-state index < -0.39 is 0 Å². The second-order valence-electron chi connectivity index (χ2n) is 14.9. The maximum Gasteiger partial charge on any atom is 0.0468 e. The topological polar surface area (TPSA) is 3.24 Å². The van der Waals surface area contributed by atoms with Crippen LogP contribution in [-0.2, 0) is 0 Å². The third-order valence-electron chi connectivity index (χ3n) is 11.6. The lowest BCUT2D eigenvalue weighted by atomic mass is 9.90. The molecule has 0 fully saturated rings. The fourth-order valence-electron chi connectivity index (χ4n) is 8.82. The predicted octanol–water partition coefficient (Wildman–Crippen LogP) is 15.9. The molecule has 0 N–H and O–H groups in total. The maximum absolute atomic E-state index is 2.39. The number of fused-ring (bicyclic) bond motifs is 8. The van der Waals surface area contributed by atoms with Crippen LogP contribution >= 0.6 is 0 Å². The van der Waals surface area contributed by atoms with Gasteiger partial charge in [0.2, 0.25) is 0 Å². The van der Waals surface area contributed by atoms with Crippen molar-refractivity contribution in [1.29, 1.82) is 0 Å². The molecule has 0 heterocycles. The van der Waals surface area contributed by atoms with E-state index in [-0.39, 0.29) is 0 Å². The molecule has 0 saturated heterocycles. The van der Waals surface area contributed by atoms with Crippen molar-refractivity contribution in [3.63, 3.8) is 0 Å². The summed E-state index contributed by atoms with van der Waals surface area (Å²) in [4.78, 5) is 2.39. The molecular weight excluding hydrogens is 687 g/mol. The fourth-order valence-corrected chi connectivity index (χ4v) is 8.82. The van der Waals surface area contributed by atoms with Crippen molar-refractivity contribution in [2.75, 3.05) is 4.90 Å². The van der Waals surface area contributed by atoms with Crippen LogP contribution in [0, 0.1) is 0 Å². The number of nitrogens with zero attached hydrogens (tertiary/aromatic N) is 1. The van der Waals surface area contributed by atoms with Gasteiger partial charge in [-0.05, 0) is 124 Å². The zero-order chi connectivity index (χ0) is 37.7. The Morgan fingerprint density at radius 3 is 1.42 bits per heavy atom. The number of rotatable bonds is 6. The first-order valence-corrected chi connectivity index (χ1v) is 19.7. The molecular formula is C56H37N. The van der Waals surface area contributed by atoms with E-state index in [4.69, 9.17) is 0 Å². The van der Waals surface area contributed by atoms with E-state index in [1.165, 1.54) is 87.2 Å². The third-order valence-corrected chi connectivity index (χ3v) is 11.6. The van der Waals surface area contributed by atoms with Crippen LogP contribution in [0.5, 0.6) is 0 Å².